The summed E-state index contributed by atoms with van der Waals surface area (Å²) in [6.07, 6.45) is 0.953. The Balaban J connectivity index is 3.56. The molecule has 1 unspecified atom stereocenters. The second-order valence-corrected chi connectivity index (χ2v) is 3.41. The summed E-state index contributed by atoms with van der Waals surface area (Å²) >= 11 is 0. The lowest BCUT2D eigenvalue weighted by Crippen LogP contribution is -2.42. The van der Waals surface area contributed by atoms with Crippen molar-refractivity contribution in [2.45, 2.75) is 25.8 Å². The molecule has 0 aliphatic rings. The van der Waals surface area contributed by atoms with Gasteiger partial charge in [0.25, 0.3) is 0 Å². The molecule has 1 atom stereocenters. The Hall–Kier alpha value is -1.14. The van der Waals surface area contributed by atoms with Gasteiger partial charge in [-0.05, 0) is 6.42 Å². The topological polar surface area (TPSA) is 93.4 Å². The maximum absolute atomic E-state index is 11.2. The molecule has 0 saturated heterocycles. The lowest BCUT2D eigenvalue weighted by Gasteiger charge is -2.12. The SMILES string of the molecule is CCC(NCCC(=O)NCCOC)C(N)=O. The van der Waals surface area contributed by atoms with E-state index < -0.39 is 0 Å². The van der Waals surface area contributed by atoms with Crippen molar-refractivity contribution in [3.05, 3.63) is 0 Å². The van der Waals surface area contributed by atoms with E-state index in [0.29, 0.717) is 32.5 Å². The zero-order chi connectivity index (χ0) is 12.4. The van der Waals surface area contributed by atoms with Gasteiger partial charge in [0, 0.05) is 26.6 Å². The summed E-state index contributed by atoms with van der Waals surface area (Å²) in [6.45, 7) is 3.31. The van der Waals surface area contributed by atoms with Crippen LogP contribution >= 0.6 is 0 Å². The Morgan fingerprint density at radius 3 is 2.56 bits per heavy atom. The van der Waals surface area contributed by atoms with E-state index in [9.17, 15) is 9.59 Å². The van der Waals surface area contributed by atoms with E-state index in [1.54, 1.807) is 7.11 Å². The van der Waals surface area contributed by atoms with E-state index in [1.165, 1.54) is 0 Å². The normalized spacial score (nSPS) is 12.1. The number of nitrogens with one attached hydrogen (secondary N) is 2. The molecular formula is C10H21N3O3. The first kappa shape index (κ1) is 14.9. The quantitative estimate of drug-likeness (QED) is 0.443. The van der Waals surface area contributed by atoms with Crippen LogP contribution < -0.4 is 16.4 Å². The van der Waals surface area contributed by atoms with Gasteiger partial charge < -0.3 is 21.1 Å². The summed E-state index contributed by atoms with van der Waals surface area (Å²) < 4.78 is 4.79. The minimum absolute atomic E-state index is 0.0659. The monoisotopic (exact) mass is 231 g/mol. The summed E-state index contributed by atoms with van der Waals surface area (Å²) in [6, 6.07) is -0.355. The zero-order valence-corrected chi connectivity index (χ0v) is 9.91. The molecule has 94 valence electrons. The number of primary amides is 1. The van der Waals surface area contributed by atoms with Crippen molar-refractivity contribution in [1.82, 2.24) is 10.6 Å². The van der Waals surface area contributed by atoms with E-state index >= 15 is 0 Å². The number of methoxy groups -OCH3 is 1. The lowest BCUT2D eigenvalue weighted by molar-refractivity contribution is -0.122. The molecule has 0 aromatic rings. The molecule has 0 spiro atoms. The van der Waals surface area contributed by atoms with Gasteiger partial charge in [0.2, 0.25) is 11.8 Å². The van der Waals surface area contributed by atoms with Crippen molar-refractivity contribution in [2.75, 3.05) is 26.8 Å². The average Bonchev–Trinajstić information content (AvgIpc) is 2.24. The van der Waals surface area contributed by atoms with E-state index in [1.807, 2.05) is 6.92 Å². The van der Waals surface area contributed by atoms with Crippen LogP contribution in [0, 0.1) is 0 Å². The van der Waals surface area contributed by atoms with Crippen LogP contribution in [0.3, 0.4) is 0 Å². The summed E-state index contributed by atoms with van der Waals surface area (Å²) in [4.78, 5) is 22.1. The van der Waals surface area contributed by atoms with Crippen molar-refractivity contribution >= 4 is 11.8 Å². The molecule has 4 N–H and O–H groups in total. The number of rotatable bonds is 9. The second kappa shape index (κ2) is 9.11. The third-order valence-corrected chi connectivity index (χ3v) is 2.12. The molecule has 16 heavy (non-hydrogen) atoms. The summed E-state index contributed by atoms with van der Waals surface area (Å²) in [7, 11) is 1.58. The lowest BCUT2D eigenvalue weighted by atomic mass is 10.2. The van der Waals surface area contributed by atoms with Crippen LogP contribution in [0.5, 0.6) is 0 Å². The summed E-state index contributed by atoms with van der Waals surface area (Å²) in [5.74, 6) is -0.453. The molecule has 0 aromatic carbocycles. The highest BCUT2D eigenvalue weighted by Crippen LogP contribution is 1.89. The summed E-state index contributed by atoms with van der Waals surface area (Å²) in [5.41, 5.74) is 5.14. The predicted octanol–water partition coefficient (Wildman–Crippen LogP) is -1.01. The highest BCUT2D eigenvalue weighted by Gasteiger charge is 2.11. The van der Waals surface area contributed by atoms with E-state index in [0.717, 1.165) is 0 Å². The molecule has 0 saturated carbocycles. The molecule has 0 aliphatic heterocycles. The van der Waals surface area contributed by atoms with Crippen molar-refractivity contribution in [2.24, 2.45) is 5.73 Å². The van der Waals surface area contributed by atoms with E-state index in [2.05, 4.69) is 10.6 Å². The molecule has 0 fully saturated rings. The molecule has 0 aromatic heterocycles. The minimum atomic E-state index is -0.387. The molecular weight excluding hydrogens is 210 g/mol. The van der Waals surface area contributed by atoms with Crippen LogP contribution in [0.1, 0.15) is 19.8 Å². The van der Waals surface area contributed by atoms with Gasteiger partial charge in [0.1, 0.15) is 0 Å². The van der Waals surface area contributed by atoms with Gasteiger partial charge in [-0.3, -0.25) is 9.59 Å². The molecule has 0 rings (SSSR count). The number of carbonyl (C=O) groups excluding carboxylic acids is 2. The molecule has 0 bridgehead atoms. The largest absolute Gasteiger partial charge is 0.383 e. The summed E-state index contributed by atoms with van der Waals surface area (Å²) in [5, 5.41) is 5.61. The third kappa shape index (κ3) is 7.19. The third-order valence-electron chi connectivity index (χ3n) is 2.12. The molecule has 0 heterocycles. The zero-order valence-electron chi connectivity index (χ0n) is 9.91. The standard InChI is InChI=1S/C10H21N3O3/c1-3-8(10(11)15)12-5-4-9(14)13-6-7-16-2/h8,12H,3-7H2,1-2H3,(H2,11,15)(H,13,14). The molecule has 6 nitrogen and oxygen atoms in total. The molecule has 0 radical (unpaired) electrons. The van der Waals surface area contributed by atoms with Crippen LogP contribution in [-0.4, -0.2) is 44.7 Å². The Kier molecular flexibility index (Phi) is 8.46. The Morgan fingerprint density at radius 2 is 2.06 bits per heavy atom. The maximum Gasteiger partial charge on any atom is 0.234 e. The van der Waals surface area contributed by atoms with Crippen LogP contribution in [0.15, 0.2) is 0 Å². The molecule has 6 heteroatoms. The van der Waals surface area contributed by atoms with Gasteiger partial charge >= 0.3 is 0 Å². The number of amides is 2. The van der Waals surface area contributed by atoms with Crippen LogP contribution in [0.4, 0.5) is 0 Å². The van der Waals surface area contributed by atoms with Gasteiger partial charge in [-0.1, -0.05) is 6.92 Å². The fourth-order valence-electron chi connectivity index (χ4n) is 1.19. The van der Waals surface area contributed by atoms with Crippen molar-refractivity contribution in [3.8, 4) is 0 Å². The number of hydrogen-bond donors (Lipinski definition) is 3. The number of nitrogens with two attached hydrogens (primary N) is 1. The number of ether oxygens (including phenoxy) is 1. The average molecular weight is 231 g/mol. The Morgan fingerprint density at radius 1 is 1.38 bits per heavy atom. The Bertz CT molecular complexity index is 221. The van der Waals surface area contributed by atoms with E-state index in [4.69, 9.17) is 10.5 Å². The van der Waals surface area contributed by atoms with E-state index in [-0.39, 0.29) is 17.9 Å². The molecule has 0 aliphatic carbocycles. The van der Waals surface area contributed by atoms with Gasteiger partial charge in [0.05, 0.1) is 12.6 Å². The first-order valence-corrected chi connectivity index (χ1v) is 5.40. The van der Waals surface area contributed by atoms with Gasteiger partial charge in [-0.2, -0.15) is 0 Å². The van der Waals surface area contributed by atoms with Crippen molar-refractivity contribution < 1.29 is 14.3 Å². The van der Waals surface area contributed by atoms with Crippen LogP contribution in [0.2, 0.25) is 0 Å². The first-order chi connectivity index (χ1) is 7.61. The minimum Gasteiger partial charge on any atom is -0.383 e. The van der Waals surface area contributed by atoms with Gasteiger partial charge in [0.15, 0.2) is 0 Å². The first-order valence-electron chi connectivity index (χ1n) is 5.40. The smallest absolute Gasteiger partial charge is 0.234 e. The fraction of sp³-hybridized carbons (Fsp3) is 0.800. The highest BCUT2D eigenvalue weighted by molar-refractivity contribution is 5.80. The Labute approximate surface area is 95.9 Å². The second-order valence-electron chi connectivity index (χ2n) is 3.41. The van der Waals surface area contributed by atoms with Crippen molar-refractivity contribution in [3.63, 3.8) is 0 Å². The van der Waals surface area contributed by atoms with Crippen LogP contribution in [-0.2, 0) is 14.3 Å². The van der Waals surface area contributed by atoms with Crippen molar-refractivity contribution in [1.29, 1.82) is 0 Å². The highest BCUT2D eigenvalue weighted by atomic mass is 16.5. The fourth-order valence-corrected chi connectivity index (χ4v) is 1.19. The number of carbonyl (C=O) groups is 2. The van der Waals surface area contributed by atoms with Crippen LogP contribution in [0.25, 0.3) is 0 Å². The molecule has 2 amide bonds. The maximum atomic E-state index is 11.2. The van der Waals surface area contributed by atoms with Gasteiger partial charge in [-0.25, -0.2) is 0 Å². The predicted molar refractivity (Wildman–Crippen MR) is 60.8 cm³/mol. The van der Waals surface area contributed by atoms with Gasteiger partial charge in [-0.15, -0.1) is 0 Å². The number of hydrogen-bond acceptors (Lipinski definition) is 4.